The number of hydrogen-bond donors (Lipinski definition) is 0. The zero-order valence-corrected chi connectivity index (χ0v) is 25.3. The van der Waals surface area contributed by atoms with Crippen LogP contribution in [0.5, 0.6) is 0 Å². The van der Waals surface area contributed by atoms with Gasteiger partial charge in [-0.1, -0.05) is 133 Å². The van der Waals surface area contributed by atoms with Crippen molar-refractivity contribution in [2.45, 2.75) is 0 Å². The first kappa shape index (κ1) is 27.0. The minimum Gasteiger partial charge on any atom is -0.455 e. The lowest BCUT2D eigenvalue weighted by molar-refractivity contribution is 0.670. The fourth-order valence-corrected chi connectivity index (χ4v) is 6.40. The second-order valence-electron chi connectivity index (χ2n) is 11.6. The van der Waals surface area contributed by atoms with E-state index < -0.39 is 0 Å². The van der Waals surface area contributed by atoms with Crippen molar-refractivity contribution in [2.24, 2.45) is 0 Å². The van der Waals surface area contributed by atoms with Gasteiger partial charge in [0.2, 0.25) is 0 Å². The van der Waals surface area contributed by atoms with Crippen LogP contribution >= 0.6 is 0 Å². The first-order valence-corrected chi connectivity index (χ1v) is 15.7. The van der Waals surface area contributed by atoms with E-state index in [9.17, 15) is 0 Å². The fraction of sp³-hybridized carbons (Fsp3) is 0. The summed E-state index contributed by atoms with van der Waals surface area (Å²) >= 11 is 0. The quantitative estimate of drug-likeness (QED) is 0.197. The van der Waals surface area contributed by atoms with Crippen LogP contribution in [0.1, 0.15) is 0 Å². The number of furan rings is 1. The minimum atomic E-state index is 0.601. The van der Waals surface area contributed by atoms with Crippen molar-refractivity contribution in [3.05, 3.63) is 164 Å². The molecule has 0 amide bonds. The molecule has 9 rings (SSSR count). The molecule has 0 N–H and O–H groups in total. The van der Waals surface area contributed by atoms with Gasteiger partial charge in [0.05, 0.1) is 0 Å². The molecule has 0 unspecified atom stereocenters. The Kier molecular flexibility index (Phi) is 6.43. The monoisotopic (exact) mass is 601 g/mol. The number of rotatable bonds is 5. The van der Waals surface area contributed by atoms with Crippen LogP contribution in [-0.2, 0) is 0 Å². The molecule has 4 nitrogen and oxygen atoms in total. The second-order valence-corrected chi connectivity index (χ2v) is 11.6. The van der Waals surface area contributed by atoms with Gasteiger partial charge in [-0.05, 0) is 57.8 Å². The van der Waals surface area contributed by atoms with Gasteiger partial charge in [0, 0.05) is 33.0 Å². The average Bonchev–Trinajstić information content (AvgIpc) is 3.55. The van der Waals surface area contributed by atoms with E-state index in [4.69, 9.17) is 19.4 Å². The highest BCUT2D eigenvalue weighted by Gasteiger charge is 2.20. The first-order chi connectivity index (χ1) is 23.3. The molecule has 0 bridgehead atoms. The summed E-state index contributed by atoms with van der Waals surface area (Å²) in [4.78, 5) is 15.2. The third-order valence-electron chi connectivity index (χ3n) is 8.72. The number of aromatic nitrogens is 3. The highest BCUT2D eigenvalue weighted by Crippen LogP contribution is 2.41. The standard InChI is InChI=1S/C43H27N3O/c1-4-12-28(13-5-1)31-20-21-33-27-34(23-22-32(33)26-31)42-44-41(30-16-8-3-9-17-30)45-43(46-42)37-25-24-35(29-14-6-2-7-15-29)40-39(37)36-18-10-11-19-38(36)47-40/h1-27H. The van der Waals surface area contributed by atoms with Gasteiger partial charge in [-0.25, -0.2) is 15.0 Å². The Morgan fingerprint density at radius 3 is 1.62 bits per heavy atom. The highest BCUT2D eigenvalue weighted by atomic mass is 16.3. The maximum absolute atomic E-state index is 6.55. The van der Waals surface area contributed by atoms with Crippen LogP contribution in [-0.4, -0.2) is 15.0 Å². The summed E-state index contributed by atoms with van der Waals surface area (Å²) in [6, 6.07) is 56.3. The Labute approximate surface area is 271 Å². The predicted octanol–water partition coefficient (Wildman–Crippen LogP) is 11.3. The molecule has 0 aliphatic rings. The molecule has 0 saturated carbocycles. The van der Waals surface area contributed by atoms with Crippen molar-refractivity contribution in [3.63, 3.8) is 0 Å². The molecule has 4 heteroatoms. The van der Waals surface area contributed by atoms with Gasteiger partial charge in [-0.2, -0.15) is 0 Å². The Hall–Kier alpha value is -6.39. The van der Waals surface area contributed by atoms with Crippen LogP contribution in [0.3, 0.4) is 0 Å². The summed E-state index contributed by atoms with van der Waals surface area (Å²) in [5, 5.41) is 4.31. The SMILES string of the molecule is c1ccc(-c2ccc3cc(-c4nc(-c5ccccc5)nc(-c5ccc(-c6ccccc6)c6oc7ccccc7c56)n4)ccc3c2)cc1. The van der Waals surface area contributed by atoms with E-state index in [2.05, 4.69) is 91.0 Å². The summed E-state index contributed by atoms with van der Waals surface area (Å²) in [7, 11) is 0. The third kappa shape index (κ3) is 4.84. The minimum absolute atomic E-state index is 0.601. The lowest BCUT2D eigenvalue weighted by atomic mass is 9.98. The summed E-state index contributed by atoms with van der Waals surface area (Å²) in [6.45, 7) is 0. The maximum atomic E-state index is 6.55. The zero-order chi connectivity index (χ0) is 31.2. The van der Waals surface area contributed by atoms with Crippen molar-refractivity contribution in [1.29, 1.82) is 0 Å². The molecule has 9 aromatic rings. The van der Waals surface area contributed by atoms with Gasteiger partial charge >= 0.3 is 0 Å². The predicted molar refractivity (Wildman–Crippen MR) is 192 cm³/mol. The molecule has 0 saturated heterocycles. The van der Waals surface area contributed by atoms with E-state index in [0.717, 1.165) is 60.5 Å². The van der Waals surface area contributed by atoms with Gasteiger partial charge in [0.1, 0.15) is 11.2 Å². The number of para-hydroxylation sites is 1. The van der Waals surface area contributed by atoms with E-state index in [-0.39, 0.29) is 0 Å². The van der Waals surface area contributed by atoms with Crippen LogP contribution in [0.4, 0.5) is 0 Å². The number of hydrogen-bond acceptors (Lipinski definition) is 4. The van der Waals surface area contributed by atoms with Gasteiger partial charge in [-0.15, -0.1) is 0 Å². The molecule has 0 spiro atoms. The smallest absolute Gasteiger partial charge is 0.164 e. The molecular formula is C43H27N3O. The van der Waals surface area contributed by atoms with Gasteiger partial charge < -0.3 is 4.42 Å². The van der Waals surface area contributed by atoms with Crippen LogP contribution < -0.4 is 0 Å². The normalized spacial score (nSPS) is 11.4. The van der Waals surface area contributed by atoms with Crippen LogP contribution in [0.15, 0.2) is 168 Å². The molecule has 47 heavy (non-hydrogen) atoms. The average molecular weight is 602 g/mol. The summed E-state index contributed by atoms with van der Waals surface area (Å²) < 4.78 is 6.55. The molecule has 7 aromatic carbocycles. The molecule has 220 valence electrons. The van der Waals surface area contributed by atoms with Crippen LogP contribution in [0.2, 0.25) is 0 Å². The van der Waals surface area contributed by atoms with Gasteiger partial charge in [0.25, 0.3) is 0 Å². The topological polar surface area (TPSA) is 51.8 Å². The fourth-order valence-electron chi connectivity index (χ4n) is 6.40. The molecule has 0 aliphatic heterocycles. The van der Waals surface area contributed by atoms with Gasteiger partial charge in [-0.3, -0.25) is 0 Å². The van der Waals surface area contributed by atoms with E-state index in [1.165, 1.54) is 11.1 Å². The Bertz CT molecular complexity index is 2560. The lowest BCUT2D eigenvalue weighted by Gasteiger charge is -2.11. The number of nitrogens with zero attached hydrogens (tertiary/aromatic N) is 3. The Morgan fingerprint density at radius 1 is 0.362 bits per heavy atom. The molecule has 0 fully saturated rings. The van der Waals surface area contributed by atoms with Crippen LogP contribution in [0.25, 0.3) is 89.1 Å². The lowest BCUT2D eigenvalue weighted by Crippen LogP contribution is -2.00. The zero-order valence-electron chi connectivity index (χ0n) is 25.3. The van der Waals surface area contributed by atoms with E-state index in [1.54, 1.807) is 0 Å². The van der Waals surface area contributed by atoms with E-state index in [0.29, 0.717) is 17.5 Å². The molecule has 0 radical (unpaired) electrons. The maximum Gasteiger partial charge on any atom is 0.164 e. The molecule has 0 aliphatic carbocycles. The van der Waals surface area contributed by atoms with Crippen molar-refractivity contribution in [1.82, 2.24) is 15.0 Å². The third-order valence-corrected chi connectivity index (χ3v) is 8.72. The van der Waals surface area contributed by atoms with Crippen molar-refractivity contribution >= 4 is 32.7 Å². The Morgan fingerprint density at radius 2 is 0.894 bits per heavy atom. The van der Waals surface area contributed by atoms with Crippen molar-refractivity contribution < 1.29 is 4.42 Å². The largest absolute Gasteiger partial charge is 0.455 e. The highest BCUT2D eigenvalue weighted by molar-refractivity contribution is 6.15. The summed E-state index contributed by atoms with van der Waals surface area (Å²) in [5.41, 5.74) is 8.92. The summed E-state index contributed by atoms with van der Waals surface area (Å²) in [6.07, 6.45) is 0. The number of fused-ring (bicyclic) bond motifs is 4. The van der Waals surface area contributed by atoms with E-state index in [1.807, 2.05) is 72.8 Å². The molecular weight excluding hydrogens is 574 g/mol. The Balaban J connectivity index is 1.25. The summed E-state index contributed by atoms with van der Waals surface area (Å²) in [5.74, 6) is 1.85. The van der Waals surface area contributed by atoms with Gasteiger partial charge in [0.15, 0.2) is 17.5 Å². The van der Waals surface area contributed by atoms with E-state index >= 15 is 0 Å². The second kappa shape index (κ2) is 11.2. The molecule has 2 heterocycles. The van der Waals surface area contributed by atoms with Crippen LogP contribution in [0, 0.1) is 0 Å². The van der Waals surface area contributed by atoms with Crippen molar-refractivity contribution in [2.75, 3.05) is 0 Å². The van der Waals surface area contributed by atoms with Crippen molar-refractivity contribution in [3.8, 4) is 56.4 Å². The first-order valence-electron chi connectivity index (χ1n) is 15.7. The number of benzene rings is 7. The molecule has 0 atom stereocenters. The molecule has 2 aromatic heterocycles.